The number of carbonyl (C=O) groups is 1. The van der Waals surface area contributed by atoms with Crippen LogP contribution in [0.2, 0.25) is 0 Å². The number of Topliss-reactive ketones (excluding diaryl/α,β-unsaturated/α-hetero) is 1. The number of carbonyl (C=O) groups excluding carboxylic acids is 1. The summed E-state index contributed by atoms with van der Waals surface area (Å²) >= 11 is 0. The van der Waals surface area contributed by atoms with Gasteiger partial charge >= 0.3 is 5.69 Å². The Balaban J connectivity index is 2.63. The number of hydrogen-bond acceptors (Lipinski definition) is 2. The number of ketones is 1. The number of aromatic nitrogens is 2. The minimum atomic E-state index is 0.00792. The largest absolute Gasteiger partial charge is 0.328 e. The summed E-state index contributed by atoms with van der Waals surface area (Å²) in [6.45, 7) is 6.14. The Bertz CT molecular complexity index is 388. The fourth-order valence-corrected chi connectivity index (χ4v) is 1.49. The van der Waals surface area contributed by atoms with E-state index < -0.39 is 0 Å². The molecule has 0 aliphatic heterocycles. The lowest BCUT2D eigenvalue weighted by molar-refractivity contribution is -0.117. The van der Waals surface area contributed by atoms with E-state index in [2.05, 4.69) is 0 Å². The second-order valence-electron chi connectivity index (χ2n) is 4.08. The highest BCUT2D eigenvalue weighted by Crippen LogP contribution is 2.00. The Morgan fingerprint density at radius 2 is 2.07 bits per heavy atom. The minimum absolute atomic E-state index is 0.00792. The Hall–Kier alpha value is -1.32. The van der Waals surface area contributed by atoms with Gasteiger partial charge in [0.1, 0.15) is 5.78 Å². The molecular weight excluding hydrogens is 192 g/mol. The molecule has 4 nitrogen and oxygen atoms in total. The molecule has 0 N–H and O–H groups in total. The van der Waals surface area contributed by atoms with Crippen molar-refractivity contribution in [3.05, 3.63) is 22.9 Å². The molecule has 1 heterocycles. The summed E-state index contributed by atoms with van der Waals surface area (Å²) in [6, 6.07) is 0.187. The first kappa shape index (κ1) is 11.8. The molecule has 0 saturated heterocycles. The second kappa shape index (κ2) is 4.96. The molecule has 0 amide bonds. The van der Waals surface area contributed by atoms with Crippen LogP contribution in [0.3, 0.4) is 0 Å². The van der Waals surface area contributed by atoms with Crippen LogP contribution in [0.25, 0.3) is 0 Å². The molecule has 1 aromatic heterocycles. The quantitative estimate of drug-likeness (QED) is 0.741. The second-order valence-corrected chi connectivity index (χ2v) is 4.08. The Labute approximate surface area is 89.5 Å². The summed E-state index contributed by atoms with van der Waals surface area (Å²) in [5.41, 5.74) is 0.00792. The molecule has 0 saturated carbocycles. The van der Waals surface area contributed by atoms with Gasteiger partial charge < -0.3 is 4.79 Å². The van der Waals surface area contributed by atoms with Crippen LogP contribution in [0.5, 0.6) is 0 Å². The van der Waals surface area contributed by atoms with Crippen molar-refractivity contribution < 1.29 is 4.79 Å². The molecule has 4 heteroatoms. The SMILES string of the molecule is CC(=O)CCCn1ccn(C(C)C)c1=O. The molecule has 0 unspecified atom stereocenters. The Morgan fingerprint density at radius 3 is 2.53 bits per heavy atom. The Kier molecular flexibility index (Phi) is 3.88. The first-order valence-electron chi connectivity index (χ1n) is 5.29. The van der Waals surface area contributed by atoms with Crippen molar-refractivity contribution in [3.8, 4) is 0 Å². The van der Waals surface area contributed by atoms with E-state index in [4.69, 9.17) is 0 Å². The van der Waals surface area contributed by atoms with E-state index in [0.717, 1.165) is 6.42 Å². The fraction of sp³-hybridized carbons (Fsp3) is 0.636. The van der Waals surface area contributed by atoms with Crippen LogP contribution < -0.4 is 5.69 Å². The van der Waals surface area contributed by atoms with E-state index >= 15 is 0 Å². The van der Waals surface area contributed by atoms with E-state index in [-0.39, 0.29) is 17.5 Å². The van der Waals surface area contributed by atoms with Crippen molar-refractivity contribution in [1.29, 1.82) is 0 Å². The third kappa shape index (κ3) is 3.08. The zero-order valence-corrected chi connectivity index (χ0v) is 9.56. The standard InChI is InChI=1S/C11H18N2O2/c1-9(2)13-8-7-12(11(13)15)6-4-5-10(3)14/h7-9H,4-6H2,1-3H3. The molecule has 0 aromatic carbocycles. The van der Waals surface area contributed by atoms with Gasteiger partial charge in [-0.05, 0) is 27.2 Å². The molecule has 0 fully saturated rings. The lowest BCUT2D eigenvalue weighted by atomic mass is 10.2. The van der Waals surface area contributed by atoms with Crippen molar-refractivity contribution >= 4 is 5.78 Å². The normalized spacial score (nSPS) is 10.9. The van der Waals surface area contributed by atoms with Gasteiger partial charge in [-0.2, -0.15) is 0 Å². The maximum Gasteiger partial charge on any atom is 0.328 e. The average molecular weight is 210 g/mol. The third-order valence-electron chi connectivity index (χ3n) is 2.36. The summed E-state index contributed by atoms with van der Waals surface area (Å²) in [6.07, 6.45) is 4.85. The number of imidazole rings is 1. The Morgan fingerprint density at radius 1 is 1.40 bits per heavy atom. The van der Waals surface area contributed by atoms with Crippen molar-refractivity contribution in [3.63, 3.8) is 0 Å². The summed E-state index contributed by atoms with van der Waals surface area (Å²) in [4.78, 5) is 22.5. The number of hydrogen-bond donors (Lipinski definition) is 0. The predicted molar refractivity (Wildman–Crippen MR) is 59.0 cm³/mol. The summed E-state index contributed by atoms with van der Waals surface area (Å²) in [7, 11) is 0. The molecule has 1 aromatic rings. The molecule has 84 valence electrons. The zero-order valence-electron chi connectivity index (χ0n) is 9.56. The molecule has 0 spiro atoms. The van der Waals surface area contributed by atoms with Crippen LogP contribution in [-0.2, 0) is 11.3 Å². The van der Waals surface area contributed by atoms with Gasteiger partial charge in [-0.15, -0.1) is 0 Å². The van der Waals surface area contributed by atoms with Crippen LogP contribution in [0.15, 0.2) is 17.2 Å². The highest BCUT2D eigenvalue weighted by Gasteiger charge is 2.05. The van der Waals surface area contributed by atoms with Gasteiger partial charge in [0, 0.05) is 31.4 Å². The van der Waals surface area contributed by atoms with Crippen LogP contribution in [0.4, 0.5) is 0 Å². The highest BCUT2D eigenvalue weighted by atomic mass is 16.1. The van der Waals surface area contributed by atoms with E-state index in [1.54, 1.807) is 28.5 Å². The maximum absolute atomic E-state index is 11.7. The van der Waals surface area contributed by atoms with Gasteiger partial charge in [-0.25, -0.2) is 4.79 Å². The highest BCUT2D eigenvalue weighted by molar-refractivity contribution is 5.75. The van der Waals surface area contributed by atoms with Gasteiger partial charge in [0.15, 0.2) is 0 Å². The van der Waals surface area contributed by atoms with Gasteiger partial charge in [-0.1, -0.05) is 0 Å². The van der Waals surface area contributed by atoms with E-state index in [1.807, 2.05) is 13.8 Å². The zero-order chi connectivity index (χ0) is 11.4. The maximum atomic E-state index is 11.7. The van der Waals surface area contributed by atoms with Crippen molar-refractivity contribution in [2.45, 2.75) is 46.2 Å². The summed E-state index contributed by atoms with van der Waals surface area (Å²) in [5.74, 6) is 0.173. The monoisotopic (exact) mass is 210 g/mol. The van der Waals surface area contributed by atoms with Crippen molar-refractivity contribution in [2.75, 3.05) is 0 Å². The van der Waals surface area contributed by atoms with Crippen molar-refractivity contribution in [1.82, 2.24) is 9.13 Å². The molecule has 0 aliphatic rings. The van der Waals surface area contributed by atoms with Crippen LogP contribution >= 0.6 is 0 Å². The number of rotatable bonds is 5. The topological polar surface area (TPSA) is 44.0 Å². The first-order valence-corrected chi connectivity index (χ1v) is 5.29. The van der Waals surface area contributed by atoms with Crippen LogP contribution in [-0.4, -0.2) is 14.9 Å². The smallest absolute Gasteiger partial charge is 0.300 e. The van der Waals surface area contributed by atoms with Crippen LogP contribution in [0, 0.1) is 0 Å². The van der Waals surface area contributed by atoms with Crippen molar-refractivity contribution in [2.24, 2.45) is 0 Å². The van der Waals surface area contributed by atoms with Gasteiger partial charge in [0.2, 0.25) is 0 Å². The number of nitrogens with zero attached hydrogens (tertiary/aromatic N) is 2. The molecule has 0 aliphatic carbocycles. The molecule has 0 bridgehead atoms. The lowest BCUT2D eigenvalue weighted by Gasteiger charge is -2.04. The van der Waals surface area contributed by atoms with Crippen LogP contribution in [0.1, 0.15) is 39.7 Å². The molecule has 0 radical (unpaired) electrons. The van der Waals surface area contributed by atoms with E-state index in [1.165, 1.54) is 0 Å². The number of aryl methyl sites for hydroxylation is 1. The summed E-state index contributed by atoms with van der Waals surface area (Å²) < 4.78 is 3.34. The van der Waals surface area contributed by atoms with E-state index in [0.29, 0.717) is 13.0 Å². The molecular formula is C11H18N2O2. The summed E-state index contributed by atoms with van der Waals surface area (Å²) in [5, 5.41) is 0. The average Bonchev–Trinajstić information content (AvgIpc) is 2.47. The predicted octanol–water partition coefficient (Wildman–Crippen LogP) is 1.60. The van der Waals surface area contributed by atoms with Gasteiger partial charge in [0.05, 0.1) is 0 Å². The first-order chi connectivity index (χ1) is 7.02. The molecule has 1 rings (SSSR count). The lowest BCUT2D eigenvalue weighted by Crippen LogP contribution is -2.25. The van der Waals surface area contributed by atoms with Gasteiger partial charge in [0.25, 0.3) is 0 Å². The molecule has 0 atom stereocenters. The fourth-order valence-electron chi connectivity index (χ4n) is 1.49. The molecule has 15 heavy (non-hydrogen) atoms. The van der Waals surface area contributed by atoms with E-state index in [9.17, 15) is 9.59 Å². The minimum Gasteiger partial charge on any atom is -0.300 e. The third-order valence-corrected chi connectivity index (χ3v) is 2.36. The van der Waals surface area contributed by atoms with Gasteiger partial charge in [-0.3, -0.25) is 9.13 Å².